The normalized spacial score (nSPS) is 20.9. The van der Waals surface area contributed by atoms with E-state index in [2.05, 4.69) is 106 Å². The van der Waals surface area contributed by atoms with Crippen molar-refractivity contribution in [1.82, 2.24) is 4.98 Å². The number of fused-ring (bicyclic) bond motifs is 1. The zero-order valence-corrected chi connectivity index (χ0v) is 28.3. The molecule has 2 aromatic rings. The van der Waals surface area contributed by atoms with Crippen molar-refractivity contribution < 1.29 is 9.53 Å². The van der Waals surface area contributed by atoms with Gasteiger partial charge in [0.15, 0.2) is 8.32 Å². The van der Waals surface area contributed by atoms with Crippen molar-refractivity contribution in [2.45, 2.75) is 143 Å². The van der Waals surface area contributed by atoms with Crippen LogP contribution in [-0.2, 0) is 16.3 Å². The van der Waals surface area contributed by atoms with E-state index in [9.17, 15) is 5.11 Å². The van der Waals surface area contributed by atoms with E-state index >= 15 is 0 Å². The summed E-state index contributed by atoms with van der Waals surface area (Å²) in [6.45, 7) is 29.7. The number of aliphatic hydroxyl groups excluding tert-OH is 1. The van der Waals surface area contributed by atoms with Gasteiger partial charge in [0.1, 0.15) is 6.10 Å². The molecular formula is C36H55NO2Si. The summed E-state index contributed by atoms with van der Waals surface area (Å²) >= 11 is 0. The molecule has 1 fully saturated rings. The summed E-state index contributed by atoms with van der Waals surface area (Å²) < 4.78 is 7.23. The Morgan fingerprint density at radius 3 is 2.12 bits per heavy atom. The Morgan fingerprint density at radius 2 is 1.62 bits per heavy atom. The molecule has 4 heteroatoms. The summed E-state index contributed by atoms with van der Waals surface area (Å²) in [4.78, 5) is 5.51. The Labute approximate surface area is 246 Å². The molecule has 4 rings (SSSR count). The number of aliphatic hydroxyl groups is 1. The first-order valence-electron chi connectivity index (χ1n) is 15.5. The third-order valence-electron chi connectivity index (χ3n) is 9.86. The molecule has 1 heterocycles. The molecule has 1 aromatic carbocycles. The third kappa shape index (κ3) is 6.20. The fourth-order valence-electron chi connectivity index (χ4n) is 6.51. The van der Waals surface area contributed by atoms with Gasteiger partial charge in [0.05, 0.1) is 11.8 Å². The molecule has 2 aliphatic rings. The van der Waals surface area contributed by atoms with Gasteiger partial charge in [-0.3, -0.25) is 4.98 Å². The van der Waals surface area contributed by atoms with Gasteiger partial charge in [0.2, 0.25) is 0 Å². The Kier molecular flexibility index (Phi) is 8.44. The molecular weight excluding hydrogens is 506 g/mol. The fraction of sp³-hybridized carbons (Fsp3) is 0.639. The topological polar surface area (TPSA) is 42.4 Å². The van der Waals surface area contributed by atoms with E-state index in [1.54, 1.807) is 0 Å². The van der Waals surface area contributed by atoms with Crippen LogP contribution in [0, 0.1) is 5.41 Å². The van der Waals surface area contributed by atoms with Crippen molar-refractivity contribution in [3.63, 3.8) is 0 Å². The van der Waals surface area contributed by atoms with Gasteiger partial charge in [0, 0.05) is 22.7 Å². The van der Waals surface area contributed by atoms with E-state index < -0.39 is 14.4 Å². The van der Waals surface area contributed by atoms with Gasteiger partial charge in [0.25, 0.3) is 0 Å². The average Bonchev–Trinajstić information content (AvgIpc) is 3.35. The summed E-state index contributed by atoms with van der Waals surface area (Å²) in [5.41, 5.74) is 8.90. The van der Waals surface area contributed by atoms with E-state index in [1.165, 1.54) is 29.7 Å². The largest absolute Gasteiger partial charge is 0.410 e. The summed E-state index contributed by atoms with van der Waals surface area (Å²) in [7, 11) is -2.07. The van der Waals surface area contributed by atoms with Crippen LogP contribution in [0.2, 0.25) is 18.1 Å². The maximum Gasteiger partial charge on any atom is 0.192 e. The molecule has 0 radical (unpaired) electrons. The second-order valence-electron chi connectivity index (χ2n) is 16.1. The molecule has 2 aliphatic carbocycles. The van der Waals surface area contributed by atoms with Crippen molar-refractivity contribution in [3.05, 3.63) is 70.0 Å². The number of hydrogen-bond donors (Lipinski definition) is 1. The van der Waals surface area contributed by atoms with Gasteiger partial charge < -0.3 is 9.53 Å². The van der Waals surface area contributed by atoms with Crippen LogP contribution in [0.15, 0.2) is 30.8 Å². The van der Waals surface area contributed by atoms with Crippen LogP contribution >= 0.6 is 0 Å². The molecule has 1 aromatic heterocycles. The third-order valence-corrected chi connectivity index (χ3v) is 14.4. The van der Waals surface area contributed by atoms with Gasteiger partial charge >= 0.3 is 0 Å². The van der Waals surface area contributed by atoms with Gasteiger partial charge in [-0.15, -0.1) is 0 Å². The second kappa shape index (κ2) is 10.8. The van der Waals surface area contributed by atoms with Crippen molar-refractivity contribution in [2.75, 3.05) is 0 Å². The highest BCUT2D eigenvalue weighted by Crippen LogP contribution is 2.52. The number of allylic oxidation sites excluding steroid dienone is 1. The minimum atomic E-state index is -2.07. The first-order chi connectivity index (χ1) is 18.3. The molecule has 0 saturated heterocycles. The zero-order valence-electron chi connectivity index (χ0n) is 27.3. The molecule has 0 aliphatic heterocycles. The molecule has 40 heavy (non-hydrogen) atoms. The molecule has 1 saturated carbocycles. The lowest BCUT2D eigenvalue weighted by atomic mass is 9.71. The summed E-state index contributed by atoms with van der Waals surface area (Å²) in [5, 5.41) is 12.3. The summed E-state index contributed by atoms with van der Waals surface area (Å²) in [6, 6.07) is 8.56. The van der Waals surface area contributed by atoms with Gasteiger partial charge in [-0.05, 0) is 78.3 Å². The van der Waals surface area contributed by atoms with Gasteiger partial charge in [-0.2, -0.15) is 0 Å². The van der Waals surface area contributed by atoms with E-state index in [0.717, 1.165) is 53.6 Å². The SMILES string of the molecule is C=C(C)c1c(C(O)c2ccc(C(C)(C)C)cc2)c(C2CCCC2)nc2c1[C@H](O[Si](C)(C)C(C)(C)C)CC(C)(C)C2. The van der Waals surface area contributed by atoms with Crippen molar-refractivity contribution in [3.8, 4) is 0 Å². The van der Waals surface area contributed by atoms with Gasteiger partial charge in [-0.25, -0.2) is 0 Å². The molecule has 220 valence electrons. The van der Waals surface area contributed by atoms with Crippen LogP contribution in [0.1, 0.15) is 152 Å². The number of benzene rings is 1. The Bertz CT molecular complexity index is 1240. The van der Waals surface area contributed by atoms with E-state index in [1.807, 2.05) is 0 Å². The molecule has 0 spiro atoms. The lowest BCUT2D eigenvalue weighted by molar-refractivity contribution is 0.105. The monoisotopic (exact) mass is 561 g/mol. The fourth-order valence-corrected chi connectivity index (χ4v) is 7.77. The Balaban J connectivity index is 1.96. The molecule has 1 N–H and O–H groups in total. The maximum atomic E-state index is 12.2. The molecule has 0 amide bonds. The number of hydrogen-bond acceptors (Lipinski definition) is 3. The smallest absolute Gasteiger partial charge is 0.192 e. The van der Waals surface area contributed by atoms with Crippen LogP contribution < -0.4 is 0 Å². The van der Waals surface area contributed by atoms with Crippen molar-refractivity contribution in [2.24, 2.45) is 5.41 Å². The number of aromatic nitrogens is 1. The maximum absolute atomic E-state index is 12.2. The molecule has 1 unspecified atom stereocenters. The van der Waals surface area contributed by atoms with Crippen LogP contribution in [-0.4, -0.2) is 18.4 Å². The standard InChI is InChI=1S/C36H55NO2Si/c1-23(2)29-30-27(21-36(9,10)22-28(30)39-40(11,12)35(6,7)8)37-32(24-15-13-14-16-24)31(29)33(38)25-17-19-26(20-18-25)34(3,4)5/h17-20,24,28,33,38H,1,13-16,21-22H2,2-12H3/t28-,33?/m1/s1. The Morgan fingerprint density at radius 1 is 1.05 bits per heavy atom. The number of pyridine rings is 1. The Hall–Kier alpha value is -1.75. The molecule has 0 bridgehead atoms. The first-order valence-corrected chi connectivity index (χ1v) is 18.4. The van der Waals surface area contributed by atoms with Crippen LogP contribution in [0.25, 0.3) is 5.57 Å². The second-order valence-corrected chi connectivity index (χ2v) is 20.9. The van der Waals surface area contributed by atoms with E-state index in [4.69, 9.17) is 9.41 Å². The minimum absolute atomic E-state index is 0.0503. The van der Waals surface area contributed by atoms with Crippen LogP contribution in [0.5, 0.6) is 0 Å². The minimum Gasteiger partial charge on any atom is -0.410 e. The summed E-state index contributed by atoms with van der Waals surface area (Å²) in [6.07, 6.45) is 5.80. The van der Waals surface area contributed by atoms with Gasteiger partial charge in [-0.1, -0.05) is 105 Å². The number of rotatable bonds is 6. The number of nitrogens with zero attached hydrogens (tertiary/aromatic N) is 1. The lowest BCUT2D eigenvalue weighted by Gasteiger charge is -2.45. The van der Waals surface area contributed by atoms with Crippen LogP contribution in [0.4, 0.5) is 0 Å². The van der Waals surface area contributed by atoms with Crippen LogP contribution in [0.3, 0.4) is 0 Å². The average molecular weight is 562 g/mol. The molecule has 2 atom stereocenters. The van der Waals surface area contributed by atoms with Crippen molar-refractivity contribution in [1.29, 1.82) is 0 Å². The lowest BCUT2D eigenvalue weighted by Crippen LogP contribution is -2.44. The highest BCUT2D eigenvalue weighted by Gasteiger charge is 2.45. The predicted molar refractivity (Wildman–Crippen MR) is 172 cm³/mol. The summed E-state index contributed by atoms with van der Waals surface area (Å²) in [5.74, 6) is 0.381. The quantitative estimate of drug-likeness (QED) is 0.357. The predicted octanol–water partition coefficient (Wildman–Crippen LogP) is 10.2. The molecule has 3 nitrogen and oxygen atoms in total. The first kappa shape index (κ1) is 31.2. The van der Waals surface area contributed by atoms with E-state index in [0.29, 0.717) is 5.92 Å². The van der Waals surface area contributed by atoms with E-state index in [-0.39, 0.29) is 22.0 Å². The highest BCUT2D eigenvalue weighted by atomic mass is 28.4. The highest BCUT2D eigenvalue weighted by molar-refractivity contribution is 6.74. The zero-order chi connectivity index (χ0) is 29.8. The van der Waals surface area contributed by atoms with Crippen molar-refractivity contribution >= 4 is 13.9 Å².